The van der Waals surface area contributed by atoms with Crippen LogP contribution in [0, 0.1) is 45.0 Å². The van der Waals surface area contributed by atoms with Crippen LogP contribution in [0.2, 0.25) is 0 Å². The third-order valence-corrected chi connectivity index (χ3v) is 8.96. The first-order valence-corrected chi connectivity index (χ1v) is 12.2. The van der Waals surface area contributed by atoms with E-state index in [1.165, 1.54) is 6.42 Å². The minimum absolute atomic E-state index is 0.0336. The van der Waals surface area contributed by atoms with Crippen molar-refractivity contribution in [2.24, 2.45) is 41.4 Å². The van der Waals surface area contributed by atoms with Gasteiger partial charge in [0.2, 0.25) is 17.7 Å². The third kappa shape index (κ3) is 2.82. The van der Waals surface area contributed by atoms with Crippen LogP contribution >= 0.6 is 22.6 Å². The highest BCUT2D eigenvalue weighted by Crippen LogP contribution is 2.65. The molecule has 6 heteroatoms. The fourth-order valence-electron chi connectivity index (χ4n) is 6.71. The highest BCUT2D eigenvalue weighted by Gasteiger charge is 2.67. The monoisotopic (exact) mass is 516 g/mol. The normalized spacial score (nSPS) is 40.9. The summed E-state index contributed by atoms with van der Waals surface area (Å²) in [4.78, 5) is 40.9. The number of imide groups is 1. The van der Waals surface area contributed by atoms with E-state index < -0.39 is 0 Å². The summed E-state index contributed by atoms with van der Waals surface area (Å²) in [5.41, 5.74) is 0.818. The Morgan fingerprint density at radius 3 is 2.03 bits per heavy atom. The molecule has 156 valence electrons. The predicted octanol–water partition coefficient (Wildman–Crippen LogP) is 3.84. The molecule has 1 aliphatic heterocycles. The Kier molecular flexibility index (Phi) is 4.38. The summed E-state index contributed by atoms with van der Waals surface area (Å²) in [5, 5.41) is 3.01. The molecule has 0 unspecified atom stereocenters. The Balaban J connectivity index is 1.11. The third-order valence-electron chi connectivity index (χ3n) is 8.24. The summed E-state index contributed by atoms with van der Waals surface area (Å²) in [5.74, 6) is 1.74. The molecule has 30 heavy (non-hydrogen) atoms. The second-order valence-electron chi connectivity index (χ2n) is 9.70. The minimum Gasteiger partial charge on any atom is -0.326 e. The van der Waals surface area contributed by atoms with Gasteiger partial charge in [0, 0.05) is 21.2 Å². The molecule has 7 rings (SSSR count). The molecular weight excluding hydrogens is 491 g/mol. The number of hydrogen-bond donors (Lipinski definition) is 1. The number of carbonyl (C=O) groups excluding carboxylic acids is 3. The van der Waals surface area contributed by atoms with Crippen LogP contribution in [0.3, 0.4) is 0 Å². The van der Waals surface area contributed by atoms with E-state index in [1.807, 2.05) is 24.3 Å². The zero-order valence-corrected chi connectivity index (χ0v) is 18.8. The lowest BCUT2D eigenvalue weighted by molar-refractivity contribution is -0.144. The number of allylic oxidation sites excluding steroid dienone is 2. The topological polar surface area (TPSA) is 66.5 Å². The van der Waals surface area contributed by atoms with Crippen molar-refractivity contribution < 1.29 is 14.4 Å². The van der Waals surface area contributed by atoms with Gasteiger partial charge in [0.1, 0.15) is 0 Å². The first kappa shape index (κ1) is 19.0. The molecule has 3 saturated carbocycles. The molecule has 2 bridgehead atoms. The number of hydrogen-bond acceptors (Lipinski definition) is 3. The second kappa shape index (κ2) is 6.90. The quantitative estimate of drug-likeness (QED) is 0.377. The summed E-state index contributed by atoms with van der Waals surface area (Å²) in [7, 11) is 0. The van der Waals surface area contributed by atoms with Crippen LogP contribution in [-0.4, -0.2) is 28.7 Å². The first-order chi connectivity index (χ1) is 14.5. The van der Waals surface area contributed by atoms with Crippen molar-refractivity contribution in [3.63, 3.8) is 0 Å². The number of benzene rings is 1. The lowest BCUT2D eigenvalue weighted by atomic mass is 9.63. The van der Waals surface area contributed by atoms with Gasteiger partial charge in [-0.1, -0.05) is 12.2 Å². The number of nitrogens with zero attached hydrogens (tertiary/aromatic N) is 1. The average molecular weight is 516 g/mol. The molecule has 0 radical (unpaired) electrons. The fourth-order valence-corrected chi connectivity index (χ4v) is 7.07. The Bertz CT molecular complexity index is 914. The maximum Gasteiger partial charge on any atom is 0.233 e. The van der Waals surface area contributed by atoms with Gasteiger partial charge in [-0.05, 0) is 103 Å². The molecule has 0 aromatic heterocycles. The van der Waals surface area contributed by atoms with E-state index in [9.17, 15) is 14.4 Å². The molecule has 5 nitrogen and oxygen atoms in total. The van der Waals surface area contributed by atoms with Gasteiger partial charge in [-0.15, -0.1) is 0 Å². The molecule has 5 aliphatic carbocycles. The van der Waals surface area contributed by atoms with Crippen LogP contribution in [0.15, 0.2) is 36.4 Å². The summed E-state index contributed by atoms with van der Waals surface area (Å²) >= 11 is 2.24. The highest BCUT2D eigenvalue weighted by molar-refractivity contribution is 14.1. The molecule has 1 heterocycles. The molecule has 6 aliphatic rings. The molecule has 4 fully saturated rings. The molecule has 1 saturated heterocycles. The van der Waals surface area contributed by atoms with Crippen molar-refractivity contribution in [2.75, 3.05) is 5.32 Å². The Morgan fingerprint density at radius 1 is 0.900 bits per heavy atom. The van der Waals surface area contributed by atoms with Crippen LogP contribution in [0.25, 0.3) is 0 Å². The van der Waals surface area contributed by atoms with Gasteiger partial charge in [-0.3, -0.25) is 19.3 Å². The predicted molar refractivity (Wildman–Crippen MR) is 120 cm³/mol. The van der Waals surface area contributed by atoms with E-state index in [0.717, 1.165) is 34.9 Å². The molecule has 1 aromatic carbocycles. The van der Waals surface area contributed by atoms with Gasteiger partial charge in [0.15, 0.2) is 0 Å². The lowest BCUT2D eigenvalue weighted by Gasteiger charge is -2.37. The van der Waals surface area contributed by atoms with Gasteiger partial charge in [-0.25, -0.2) is 0 Å². The van der Waals surface area contributed by atoms with Crippen LogP contribution in [0.5, 0.6) is 0 Å². The maximum absolute atomic E-state index is 13.3. The van der Waals surface area contributed by atoms with Gasteiger partial charge >= 0.3 is 0 Å². The Morgan fingerprint density at radius 2 is 1.47 bits per heavy atom. The summed E-state index contributed by atoms with van der Waals surface area (Å²) < 4.78 is 1.13. The summed E-state index contributed by atoms with van der Waals surface area (Å²) in [6.45, 7) is 0. The molecule has 3 amide bonds. The lowest BCUT2D eigenvalue weighted by Crippen LogP contribution is -2.44. The molecular formula is C24H25IN2O3. The van der Waals surface area contributed by atoms with E-state index in [0.29, 0.717) is 11.8 Å². The van der Waals surface area contributed by atoms with Crippen molar-refractivity contribution in [1.29, 1.82) is 0 Å². The van der Waals surface area contributed by atoms with E-state index in [-0.39, 0.29) is 53.4 Å². The number of rotatable bonds is 3. The Hall–Kier alpha value is -1.70. The van der Waals surface area contributed by atoms with Crippen LogP contribution in [0.4, 0.5) is 5.69 Å². The van der Waals surface area contributed by atoms with E-state index in [4.69, 9.17) is 0 Å². The summed E-state index contributed by atoms with van der Waals surface area (Å²) in [6, 6.07) is 7.75. The van der Waals surface area contributed by atoms with Crippen LogP contribution < -0.4 is 5.32 Å². The Labute approximate surface area is 189 Å². The van der Waals surface area contributed by atoms with Gasteiger partial charge in [0.05, 0.1) is 11.8 Å². The minimum atomic E-state index is -0.113. The van der Waals surface area contributed by atoms with Crippen molar-refractivity contribution in [3.8, 4) is 0 Å². The molecule has 1 aromatic rings. The van der Waals surface area contributed by atoms with Crippen molar-refractivity contribution in [2.45, 2.75) is 38.1 Å². The van der Waals surface area contributed by atoms with Gasteiger partial charge in [0.25, 0.3) is 0 Å². The van der Waals surface area contributed by atoms with E-state index >= 15 is 0 Å². The van der Waals surface area contributed by atoms with Crippen molar-refractivity contribution in [3.05, 3.63) is 40.0 Å². The van der Waals surface area contributed by atoms with Crippen LogP contribution in [-0.2, 0) is 14.4 Å². The number of halogens is 1. The number of likely N-dealkylation sites (tertiary alicyclic amines) is 1. The largest absolute Gasteiger partial charge is 0.326 e. The van der Waals surface area contributed by atoms with Crippen molar-refractivity contribution in [1.82, 2.24) is 4.90 Å². The molecule has 0 spiro atoms. The zero-order valence-electron chi connectivity index (χ0n) is 16.7. The zero-order chi connectivity index (χ0) is 20.6. The van der Waals surface area contributed by atoms with E-state index in [2.05, 4.69) is 40.1 Å². The SMILES string of the molecule is O=C(Nc1ccc(I)cc1)C1CCC(N2C(=O)[C@H]3[C@@H]4C=C[C@@H]([C@H]5C[C@H]45)[C@@H]3C2=O)CC1. The smallest absolute Gasteiger partial charge is 0.233 e. The first-order valence-electron chi connectivity index (χ1n) is 11.1. The van der Waals surface area contributed by atoms with Gasteiger partial charge < -0.3 is 5.32 Å². The second-order valence-corrected chi connectivity index (χ2v) is 10.9. The number of anilines is 1. The number of nitrogens with one attached hydrogen (secondary N) is 1. The van der Waals surface area contributed by atoms with Crippen LogP contribution in [0.1, 0.15) is 32.1 Å². The number of carbonyl (C=O) groups is 3. The number of amides is 3. The average Bonchev–Trinajstić information content (AvgIpc) is 3.53. The summed E-state index contributed by atoms with van der Waals surface area (Å²) in [6.07, 6.45) is 8.56. The molecule has 1 N–H and O–H groups in total. The van der Waals surface area contributed by atoms with Gasteiger partial charge in [-0.2, -0.15) is 0 Å². The maximum atomic E-state index is 13.3. The fraction of sp³-hybridized carbons (Fsp3) is 0.542. The molecule has 6 atom stereocenters. The highest BCUT2D eigenvalue weighted by atomic mass is 127. The standard InChI is InChI=1S/C24H25IN2O3/c25-13-3-5-14(6-4-13)26-22(28)12-1-7-15(8-2-12)27-23(29)20-16-9-10-17(19-11-18(16)19)21(20)24(27)30/h3-6,9-10,12,15-21H,1-2,7-8,11H2,(H,26,28)/t12?,15?,16-,17+,18-,19-,20+,21+/m1/s1. The van der Waals surface area contributed by atoms with E-state index in [1.54, 1.807) is 4.90 Å². The van der Waals surface area contributed by atoms with Crippen molar-refractivity contribution >= 4 is 46.0 Å².